The summed E-state index contributed by atoms with van der Waals surface area (Å²) in [6, 6.07) is 15.3. The molecule has 0 saturated heterocycles. The molecule has 0 unspecified atom stereocenters. The van der Waals surface area contributed by atoms with Gasteiger partial charge in [0.15, 0.2) is 0 Å². The third-order valence-corrected chi connectivity index (χ3v) is 4.54. The van der Waals surface area contributed by atoms with E-state index in [1.54, 1.807) is 19.2 Å². The fourth-order valence-corrected chi connectivity index (χ4v) is 3.07. The highest BCUT2D eigenvalue weighted by molar-refractivity contribution is 7.89. The number of nitriles is 1. The van der Waals surface area contributed by atoms with E-state index in [1.807, 2.05) is 30.3 Å². The van der Waals surface area contributed by atoms with Crippen molar-refractivity contribution in [3.8, 4) is 6.07 Å². The number of nitrogens with one attached hydrogen (secondary N) is 1. The number of benzene rings is 2. The SMILES string of the molecule is COCc1ccccc1CNS(=O)(=O)c1cccc(C#N)c1. The highest BCUT2D eigenvalue weighted by Gasteiger charge is 2.15. The molecule has 0 heterocycles. The van der Waals surface area contributed by atoms with Crippen molar-refractivity contribution >= 4 is 10.0 Å². The fourth-order valence-electron chi connectivity index (χ4n) is 2.02. The minimum Gasteiger partial charge on any atom is -0.380 e. The van der Waals surface area contributed by atoms with Crippen LogP contribution in [0.5, 0.6) is 0 Å². The Balaban J connectivity index is 2.18. The van der Waals surface area contributed by atoms with Gasteiger partial charge in [-0.1, -0.05) is 30.3 Å². The molecule has 0 aromatic heterocycles. The van der Waals surface area contributed by atoms with Gasteiger partial charge >= 0.3 is 0 Å². The molecule has 0 aliphatic rings. The van der Waals surface area contributed by atoms with Gasteiger partial charge in [-0.2, -0.15) is 5.26 Å². The van der Waals surface area contributed by atoms with Crippen LogP contribution in [0.4, 0.5) is 0 Å². The van der Waals surface area contributed by atoms with E-state index < -0.39 is 10.0 Å². The number of nitrogens with zero attached hydrogens (tertiary/aromatic N) is 1. The van der Waals surface area contributed by atoms with E-state index >= 15 is 0 Å². The lowest BCUT2D eigenvalue weighted by molar-refractivity contribution is 0.184. The fraction of sp³-hybridized carbons (Fsp3) is 0.188. The monoisotopic (exact) mass is 316 g/mol. The molecule has 0 bridgehead atoms. The Bertz CT molecular complexity index is 795. The van der Waals surface area contributed by atoms with Crippen molar-refractivity contribution in [3.05, 3.63) is 65.2 Å². The van der Waals surface area contributed by atoms with E-state index in [-0.39, 0.29) is 11.4 Å². The molecule has 0 fully saturated rings. The lowest BCUT2D eigenvalue weighted by atomic mass is 10.1. The maximum Gasteiger partial charge on any atom is 0.240 e. The smallest absolute Gasteiger partial charge is 0.240 e. The first-order chi connectivity index (χ1) is 10.6. The van der Waals surface area contributed by atoms with Crippen LogP contribution in [0.15, 0.2) is 53.4 Å². The van der Waals surface area contributed by atoms with Crippen LogP contribution >= 0.6 is 0 Å². The van der Waals surface area contributed by atoms with Crippen LogP contribution in [-0.4, -0.2) is 15.5 Å². The summed E-state index contributed by atoms with van der Waals surface area (Å²) in [6.07, 6.45) is 0. The standard InChI is InChI=1S/C16H16N2O3S/c1-21-12-15-7-3-2-6-14(15)11-18-22(19,20)16-8-4-5-13(9-16)10-17/h2-9,18H,11-12H2,1H3. The van der Waals surface area contributed by atoms with Crippen LogP contribution < -0.4 is 4.72 Å². The molecule has 0 atom stereocenters. The summed E-state index contributed by atoms with van der Waals surface area (Å²) < 4.78 is 32.2. The molecule has 0 spiro atoms. The lowest BCUT2D eigenvalue weighted by Crippen LogP contribution is -2.24. The quantitative estimate of drug-likeness (QED) is 0.886. The largest absolute Gasteiger partial charge is 0.380 e. The van der Waals surface area contributed by atoms with E-state index in [9.17, 15) is 8.42 Å². The predicted octanol–water partition coefficient (Wildman–Crippen LogP) is 2.18. The van der Waals surface area contributed by atoms with E-state index in [1.165, 1.54) is 12.1 Å². The summed E-state index contributed by atoms with van der Waals surface area (Å²) in [6.45, 7) is 0.584. The molecule has 0 aliphatic carbocycles. The third kappa shape index (κ3) is 3.92. The van der Waals surface area contributed by atoms with Crippen molar-refractivity contribution in [2.45, 2.75) is 18.0 Å². The van der Waals surface area contributed by atoms with Crippen molar-refractivity contribution in [2.24, 2.45) is 0 Å². The van der Waals surface area contributed by atoms with Gasteiger partial charge in [-0.05, 0) is 29.3 Å². The van der Waals surface area contributed by atoms with Gasteiger partial charge in [0.1, 0.15) is 0 Å². The summed E-state index contributed by atoms with van der Waals surface area (Å²) in [5.41, 5.74) is 2.09. The molecule has 0 saturated carbocycles. The van der Waals surface area contributed by atoms with E-state index in [0.29, 0.717) is 12.2 Å². The van der Waals surface area contributed by atoms with Crippen LogP contribution in [0.3, 0.4) is 0 Å². The third-order valence-electron chi connectivity index (χ3n) is 3.14. The minimum atomic E-state index is -3.66. The molecule has 2 aromatic carbocycles. The zero-order valence-corrected chi connectivity index (χ0v) is 12.9. The van der Waals surface area contributed by atoms with Crippen molar-refractivity contribution in [3.63, 3.8) is 0 Å². The predicted molar refractivity (Wildman–Crippen MR) is 82.3 cm³/mol. The van der Waals surface area contributed by atoms with Gasteiger partial charge in [-0.15, -0.1) is 0 Å². The van der Waals surface area contributed by atoms with Crippen molar-refractivity contribution < 1.29 is 13.2 Å². The van der Waals surface area contributed by atoms with E-state index in [2.05, 4.69) is 4.72 Å². The molecular weight excluding hydrogens is 300 g/mol. The van der Waals surface area contributed by atoms with Crippen molar-refractivity contribution in [1.29, 1.82) is 5.26 Å². The molecule has 0 aliphatic heterocycles. The maximum absolute atomic E-state index is 12.3. The lowest BCUT2D eigenvalue weighted by Gasteiger charge is -2.11. The number of ether oxygens (including phenoxy) is 1. The van der Waals surface area contributed by atoms with Gasteiger partial charge in [0, 0.05) is 13.7 Å². The molecule has 2 aromatic rings. The second kappa shape index (κ2) is 7.18. The van der Waals surface area contributed by atoms with Crippen molar-refractivity contribution in [1.82, 2.24) is 4.72 Å². The Morgan fingerprint density at radius 1 is 1.14 bits per heavy atom. The number of sulfonamides is 1. The van der Waals surface area contributed by atoms with Gasteiger partial charge in [-0.3, -0.25) is 0 Å². The highest BCUT2D eigenvalue weighted by atomic mass is 32.2. The maximum atomic E-state index is 12.3. The first-order valence-corrected chi connectivity index (χ1v) is 8.10. The topological polar surface area (TPSA) is 79.2 Å². The van der Waals surface area contributed by atoms with Gasteiger partial charge in [-0.25, -0.2) is 13.1 Å². The van der Waals surface area contributed by atoms with Crippen LogP contribution in [0.1, 0.15) is 16.7 Å². The summed E-state index contributed by atoms with van der Waals surface area (Å²) in [5, 5.41) is 8.85. The Morgan fingerprint density at radius 3 is 2.55 bits per heavy atom. The zero-order valence-electron chi connectivity index (χ0n) is 12.1. The minimum absolute atomic E-state index is 0.0794. The first kappa shape index (κ1) is 16.2. The van der Waals surface area contributed by atoms with Crippen LogP contribution in [0, 0.1) is 11.3 Å². The summed E-state index contributed by atoms with van der Waals surface area (Å²) >= 11 is 0. The molecule has 0 amide bonds. The molecule has 114 valence electrons. The second-order valence-electron chi connectivity index (χ2n) is 4.67. The van der Waals surface area contributed by atoms with Gasteiger partial charge in [0.2, 0.25) is 10.0 Å². The van der Waals surface area contributed by atoms with E-state index in [4.69, 9.17) is 10.00 Å². The molecule has 5 nitrogen and oxygen atoms in total. The van der Waals surface area contributed by atoms with Crippen molar-refractivity contribution in [2.75, 3.05) is 7.11 Å². The van der Waals surface area contributed by atoms with Crippen LogP contribution in [0.2, 0.25) is 0 Å². The van der Waals surface area contributed by atoms with E-state index in [0.717, 1.165) is 11.1 Å². The average molecular weight is 316 g/mol. The summed E-state index contributed by atoms with van der Waals surface area (Å²) in [4.78, 5) is 0.0794. The number of hydrogen-bond donors (Lipinski definition) is 1. The molecule has 0 radical (unpaired) electrons. The summed E-state index contributed by atoms with van der Waals surface area (Å²) in [7, 11) is -2.07. The molecule has 22 heavy (non-hydrogen) atoms. The van der Waals surface area contributed by atoms with Gasteiger partial charge in [0.25, 0.3) is 0 Å². The Morgan fingerprint density at radius 2 is 1.86 bits per heavy atom. The molecule has 1 N–H and O–H groups in total. The van der Waals surface area contributed by atoms with Crippen LogP contribution in [-0.2, 0) is 27.9 Å². The molecule has 2 rings (SSSR count). The Labute approximate surface area is 130 Å². The van der Waals surface area contributed by atoms with Gasteiger partial charge < -0.3 is 4.74 Å². The van der Waals surface area contributed by atoms with Gasteiger partial charge in [0.05, 0.1) is 23.1 Å². The summed E-state index contributed by atoms with van der Waals surface area (Å²) in [5.74, 6) is 0. The number of hydrogen-bond acceptors (Lipinski definition) is 4. The second-order valence-corrected chi connectivity index (χ2v) is 6.43. The normalized spacial score (nSPS) is 11.1. The number of rotatable bonds is 6. The molecule has 6 heteroatoms. The highest BCUT2D eigenvalue weighted by Crippen LogP contribution is 2.14. The van der Waals surface area contributed by atoms with Crippen LogP contribution in [0.25, 0.3) is 0 Å². The molecular formula is C16H16N2O3S. The Kier molecular flexibility index (Phi) is 5.28. The first-order valence-electron chi connectivity index (χ1n) is 6.62. The Hall–Kier alpha value is -2.20. The average Bonchev–Trinajstić information content (AvgIpc) is 2.54. The zero-order chi connectivity index (χ0) is 16.0. The number of methoxy groups -OCH3 is 1.